The van der Waals surface area contributed by atoms with Crippen molar-refractivity contribution in [2.24, 2.45) is 5.73 Å². The number of nitrogens with one attached hydrogen (secondary N) is 1. The van der Waals surface area contributed by atoms with Gasteiger partial charge >= 0.3 is 0 Å². The third kappa shape index (κ3) is 3.13. The lowest BCUT2D eigenvalue weighted by molar-refractivity contribution is 0.0628. The number of rotatable bonds is 3. The van der Waals surface area contributed by atoms with Gasteiger partial charge in [-0.1, -0.05) is 11.6 Å². The molecular weight excluding hydrogens is 304 g/mol. The molecule has 1 aliphatic heterocycles. The van der Waals surface area contributed by atoms with Gasteiger partial charge < -0.3 is 15.8 Å². The number of anilines is 1. The molecule has 17 heavy (non-hydrogen) atoms. The highest BCUT2D eigenvalue weighted by Gasteiger charge is 2.30. The molecule has 2 rings (SSSR count). The van der Waals surface area contributed by atoms with E-state index in [0.717, 1.165) is 36.2 Å². The van der Waals surface area contributed by atoms with Crippen LogP contribution in [0, 0.1) is 0 Å². The smallest absolute Gasteiger partial charge is 0.0568 e. The van der Waals surface area contributed by atoms with Gasteiger partial charge in [0, 0.05) is 29.9 Å². The summed E-state index contributed by atoms with van der Waals surface area (Å²) in [5.41, 5.74) is 6.84. The Morgan fingerprint density at radius 2 is 2.12 bits per heavy atom. The van der Waals surface area contributed by atoms with E-state index in [2.05, 4.69) is 21.2 Å². The predicted octanol–water partition coefficient (Wildman–Crippen LogP) is 3.02. The minimum atomic E-state index is -0.0601. The largest absolute Gasteiger partial charge is 0.381 e. The van der Waals surface area contributed by atoms with E-state index in [9.17, 15) is 0 Å². The molecule has 0 saturated carbocycles. The summed E-state index contributed by atoms with van der Waals surface area (Å²) in [5.74, 6) is 0. The molecule has 1 aromatic rings. The molecule has 0 spiro atoms. The van der Waals surface area contributed by atoms with Crippen molar-refractivity contribution in [1.82, 2.24) is 0 Å². The summed E-state index contributed by atoms with van der Waals surface area (Å²) < 4.78 is 6.28. The molecule has 1 fully saturated rings. The van der Waals surface area contributed by atoms with Crippen molar-refractivity contribution in [3.63, 3.8) is 0 Å². The average molecular weight is 320 g/mol. The zero-order valence-electron chi connectivity index (χ0n) is 9.51. The molecule has 3 N–H and O–H groups in total. The summed E-state index contributed by atoms with van der Waals surface area (Å²) in [6.45, 7) is 2.12. The molecule has 0 unspecified atom stereocenters. The Morgan fingerprint density at radius 1 is 1.41 bits per heavy atom. The van der Waals surface area contributed by atoms with Gasteiger partial charge in [-0.3, -0.25) is 0 Å². The Kier molecular flexibility index (Phi) is 4.31. The number of ether oxygens (including phenoxy) is 1. The second-order valence-electron chi connectivity index (χ2n) is 4.35. The van der Waals surface area contributed by atoms with Gasteiger partial charge in [0.25, 0.3) is 0 Å². The van der Waals surface area contributed by atoms with Crippen LogP contribution in [-0.2, 0) is 4.74 Å². The summed E-state index contributed by atoms with van der Waals surface area (Å²) in [6.07, 6.45) is 1.86. The summed E-state index contributed by atoms with van der Waals surface area (Å²) in [4.78, 5) is 0. The van der Waals surface area contributed by atoms with Crippen molar-refractivity contribution in [1.29, 1.82) is 0 Å². The highest BCUT2D eigenvalue weighted by molar-refractivity contribution is 9.10. The van der Waals surface area contributed by atoms with Gasteiger partial charge in [-0.05, 0) is 47.0 Å². The van der Waals surface area contributed by atoms with E-state index in [1.165, 1.54) is 0 Å². The number of benzene rings is 1. The van der Waals surface area contributed by atoms with Crippen molar-refractivity contribution < 1.29 is 4.74 Å². The highest BCUT2D eigenvalue weighted by Crippen LogP contribution is 2.29. The van der Waals surface area contributed by atoms with Crippen LogP contribution in [0.15, 0.2) is 22.7 Å². The quantitative estimate of drug-likeness (QED) is 0.900. The maximum Gasteiger partial charge on any atom is 0.0568 e. The fourth-order valence-electron chi connectivity index (χ4n) is 2.02. The summed E-state index contributed by atoms with van der Waals surface area (Å²) >= 11 is 9.46. The van der Waals surface area contributed by atoms with Gasteiger partial charge in [-0.15, -0.1) is 0 Å². The summed E-state index contributed by atoms with van der Waals surface area (Å²) in [5, 5.41) is 4.20. The first-order chi connectivity index (χ1) is 8.15. The van der Waals surface area contributed by atoms with Crippen molar-refractivity contribution in [3.8, 4) is 0 Å². The molecule has 0 atom stereocenters. The van der Waals surface area contributed by atoms with Crippen LogP contribution in [0.2, 0.25) is 5.02 Å². The average Bonchev–Trinajstić information content (AvgIpc) is 2.35. The van der Waals surface area contributed by atoms with Crippen molar-refractivity contribution in [2.45, 2.75) is 18.4 Å². The second kappa shape index (κ2) is 5.57. The molecule has 1 heterocycles. The highest BCUT2D eigenvalue weighted by atomic mass is 79.9. The Bertz CT molecular complexity index is 394. The second-order valence-corrected chi connectivity index (χ2v) is 5.61. The van der Waals surface area contributed by atoms with Crippen molar-refractivity contribution >= 4 is 33.2 Å². The first kappa shape index (κ1) is 13.1. The number of halogens is 2. The third-order valence-electron chi connectivity index (χ3n) is 3.17. The lowest BCUT2D eigenvalue weighted by Gasteiger charge is -2.38. The van der Waals surface area contributed by atoms with E-state index >= 15 is 0 Å². The van der Waals surface area contributed by atoms with E-state index < -0.39 is 0 Å². The Hall–Kier alpha value is -0.290. The van der Waals surface area contributed by atoms with Crippen LogP contribution in [0.4, 0.5) is 5.69 Å². The van der Waals surface area contributed by atoms with E-state index in [-0.39, 0.29) is 5.54 Å². The molecule has 94 valence electrons. The molecule has 1 saturated heterocycles. The maximum atomic E-state index is 6.08. The van der Waals surface area contributed by atoms with Gasteiger partial charge in [0.15, 0.2) is 0 Å². The van der Waals surface area contributed by atoms with Crippen LogP contribution < -0.4 is 11.1 Å². The molecule has 5 heteroatoms. The van der Waals surface area contributed by atoms with Gasteiger partial charge in [0.1, 0.15) is 0 Å². The fourth-order valence-corrected chi connectivity index (χ4v) is 2.45. The molecule has 0 aromatic heterocycles. The monoisotopic (exact) mass is 318 g/mol. The SMILES string of the molecule is NCC1(Nc2ccc(Br)c(Cl)c2)CCOCC1. The van der Waals surface area contributed by atoms with Crippen LogP contribution in [0.5, 0.6) is 0 Å². The van der Waals surface area contributed by atoms with Crippen LogP contribution >= 0.6 is 27.5 Å². The molecule has 0 bridgehead atoms. The third-order valence-corrected chi connectivity index (χ3v) is 4.40. The topological polar surface area (TPSA) is 47.3 Å². The number of hydrogen-bond acceptors (Lipinski definition) is 3. The zero-order valence-corrected chi connectivity index (χ0v) is 11.9. The molecule has 0 amide bonds. The normalized spacial score (nSPS) is 19.0. The van der Waals surface area contributed by atoms with Crippen molar-refractivity contribution in [3.05, 3.63) is 27.7 Å². The first-order valence-corrected chi connectivity index (χ1v) is 6.83. The van der Waals surface area contributed by atoms with Gasteiger partial charge in [-0.2, -0.15) is 0 Å². The molecule has 0 aliphatic carbocycles. The summed E-state index contributed by atoms with van der Waals surface area (Å²) in [6, 6.07) is 5.86. The van der Waals surface area contributed by atoms with Crippen LogP contribution in [0.1, 0.15) is 12.8 Å². The Morgan fingerprint density at radius 3 is 2.71 bits per heavy atom. The predicted molar refractivity (Wildman–Crippen MR) is 74.6 cm³/mol. The molecule has 1 aromatic carbocycles. The zero-order chi connectivity index (χ0) is 12.3. The van der Waals surface area contributed by atoms with E-state index in [0.29, 0.717) is 11.6 Å². The lowest BCUT2D eigenvalue weighted by atomic mass is 9.90. The number of nitrogens with two attached hydrogens (primary N) is 1. The standard InChI is InChI=1S/C12H16BrClN2O/c13-10-2-1-9(7-11(10)14)16-12(8-15)3-5-17-6-4-12/h1-2,7,16H,3-6,8,15H2. The van der Waals surface area contributed by atoms with Crippen LogP contribution in [0.25, 0.3) is 0 Å². The maximum absolute atomic E-state index is 6.08. The van der Waals surface area contributed by atoms with Crippen LogP contribution in [0.3, 0.4) is 0 Å². The van der Waals surface area contributed by atoms with Gasteiger partial charge in [-0.25, -0.2) is 0 Å². The molecular formula is C12H16BrClN2O. The van der Waals surface area contributed by atoms with Gasteiger partial charge in [0.2, 0.25) is 0 Å². The Labute approximate surface area is 115 Å². The summed E-state index contributed by atoms with van der Waals surface area (Å²) in [7, 11) is 0. The minimum Gasteiger partial charge on any atom is -0.381 e. The van der Waals surface area contributed by atoms with Crippen LogP contribution in [-0.4, -0.2) is 25.3 Å². The first-order valence-electron chi connectivity index (χ1n) is 5.66. The van der Waals surface area contributed by atoms with E-state index in [1.807, 2.05) is 18.2 Å². The van der Waals surface area contributed by atoms with E-state index in [1.54, 1.807) is 0 Å². The molecule has 0 radical (unpaired) electrons. The van der Waals surface area contributed by atoms with E-state index in [4.69, 9.17) is 22.1 Å². The lowest BCUT2D eigenvalue weighted by Crippen LogP contribution is -2.49. The van der Waals surface area contributed by atoms with Gasteiger partial charge in [0.05, 0.1) is 10.6 Å². The molecule has 1 aliphatic rings. The minimum absolute atomic E-state index is 0.0601. The Balaban J connectivity index is 2.14. The number of hydrogen-bond donors (Lipinski definition) is 2. The fraction of sp³-hybridized carbons (Fsp3) is 0.500. The molecule has 3 nitrogen and oxygen atoms in total. The van der Waals surface area contributed by atoms with Crippen molar-refractivity contribution in [2.75, 3.05) is 25.1 Å².